The number of rotatable bonds is 6. The zero-order chi connectivity index (χ0) is 20.4. The van der Waals surface area contributed by atoms with Crippen molar-refractivity contribution in [2.24, 2.45) is 0 Å². The van der Waals surface area contributed by atoms with Gasteiger partial charge in [-0.15, -0.1) is 0 Å². The van der Waals surface area contributed by atoms with Gasteiger partial charge in [-0.1, -0.05) is 46.3 Å². The Labute approximate surface area is 177 Å². The molecule has 2 heterocycles. The molecule has 7 heteroatoms. The Hall–Kier alpha value is -2.67. The van der Waals surface area contributed by atoms with Crippen molar-refractivity contribution in [3.05, 3.63) is 64.7 Å². The van der Waals surface area contributed by atoms with E-state index in [9.17, 15) is 14.4 Å². The normalized spacial score (nSPS) is 18.6. The SMILES string of the molecule is O=C1CCC(N2Cc3c(NCc4ccc(CCBr)cc4)cccc3C2=O)C(=O)N1. The summed E-state index contributed by atoms with van der Waals surface area (Å²) in [6.45, 7) is 1.02. The van der Waals surface area contributed by atoms with Crippen molar-refractivity contribution in [1.82, 2.24) is 10.2 Å². The zero-order valence-corrected chi connectivity index (χ0v) is 17.5. The Balaban J connectivity index is 1.48. The van der Waals surface area contributed by atoms with Crippen molar-refractivity contribution in [2.45, 2.75) is 38.4 Å². The lowest BCUT2D eigenvalue weighted by molar-refractivity contribution is -0.136. The van der Waals surface area contributed by atoms with E-state index < -0.39 is 6.04 Å². The summed E-state index contributed by atoms with van der Waals surface area (Å²) in [5.41, 5.74) is 4.87. The van der Waals surface area contributed by atoms with Gasteiger partial charge in [0.2, 0.25) is 11.8 Å². The molecule has 2 aromatic carbocycles. The van der Waals surface area contributed by atoms with Gasteiger partial charge in [0.25, 0.3) is 5.91 Å². The van der Waals surface area contributed by atoms with Gasteiger partial charge in [0, 0.05) is 41.7 Å². The van der Waals surface area contributed by atoms with Crippen molar-refractivity contribution < 1.29 is 14.4 Å². The van der Waals surface area contributed by atoms with Crippen molar-refractivity contribution in [3.8, 4) is 0 Å². The number of hydrogen-bond donors (Lipinski definition) is 2. The molecule has 6 nitrogen and oxygen atoms in total. The lowest BCUT2D eigenvalue weighted by atomic mass is 10.0. The first-order valence-corrected chi connectivity index (χ1v) is 10.8. The molecular formula is C22H22BrN3O3. The molecule has 0 bridgehead atoms. The summed E-state index contributed by atoms with van der Waals surface area (Å²) in [4.78, 5) is 38.1. The molecule has 29 heavy (non-hydrogen) atoms. The first kappa shape index (κ1) is 19.6. The number of alkyl halides is 1. The van der Waals surface area contributed by atoms with E-state index >= 15 is 0 Å². The fraction of sp³-hybridized carbons (Fsp3) is 0.318. The quantitative estimate of drug-likeness (QED) is 0.518. The second kappa shape index (κ2) is 8.37. The monoisotopic (exact) mass is 455 g/mol. The van der Waals surface area contributed by atoms with E-state index in [2.05, 4.69) is 50.8 Å². The smallest absolute Gasteiger partial charge is 0.255 e. The molecule has 2 aromatic rings. The van der Waals surface area contributed by atoms with E-state index in [0.717, 1.165) is 28.6 Å². The molecule has 4 rings (SSSR count). The molecule has 0 saturated carbocycles. The molecule has 1 atom stereocenters. The molecule has 0 radical (unpaired) electrons. The number of imide groups is 1. The highest BCUT2D eigenvalue weighted by atomic mass is 79.9. The van der Waals surface area contributed by atoms with Gasteiger partial charge in [-0.05, 0) is 36.1 Å². The molecule has 150 valence electrons. The fourth-order valence-corrected chi connectivity index (χ4v) is 4.34. The van der Waals surface area contributed by atoms with E-state index in [0.29, 0.717) is 25.1 Å². The van der Waals surface area contributed by atoms with Crippen LogP contribution in [0.1, 0.15) is 39.9 Å². The highest BCUT2D eigenvalue weighted by molar-refractivity contribution is 9.09. The van der Waals surface area contributed by atoms with Gasteiger partial charge in [0.15, 0.2) is 0 Å². The molecule has 0 spiro atoms. The molecule has 0 aliphatic carbocycles. The van der Waals surface area contributed by atoms with E-state index in [1.54, 1.807) is 11.0 Å². The standard InChI is InChI=1S/C22H22BrN3O3/c23-11-10-14-4-6-15(7-5-14)12-24-18-3-1-2-16-17(18)13-26(22(16)29)19-8-9-20(27)25-21(19)28/h1-7,19,24H,8-13H2,(H,25,27,28). The summed E-state index contributed by atoms with van der Waals surface area (Å²) < 4.78 is 0. The molecule has 1 saturated heterocycles. The van der Waals surface area contributed by atoms with Crippen LogP contribution in [0.5, 0.6) is 0 Å². The van der Waals surface area contributed by atoms with Crippen LogP contribution in [0.25, 0.3) is 0 Å². The van der Waals surface area contributed by atoms with Crippen LogP contribution in [0, 0.1) is 0 Å². The van der Waals surface area contributed by atoms with Gasteiger partial charge in [-0.3, -0.25) is 19.7 Å². The minimum atomic E-state index is -0.595. The van der Waals surface area contributed by atoms with Gasteiger partial charge in [0.05, 0.1) is 0 Å². The summed E-state index contributed by atoms with van der Waals surface area (Å²) in [6, 6.07) is 13.5. The number of piperidine rings is 1. The largest absolute Gasteiger partial charge is 0.381 e. The van der Waals surface area contributed by atoms with Gasteiger partial charge >= 0.3 is 0 Å². The van der Waals surface area contributed by atoms with Crippen LogP contribution >= 0.6 is 15.9 Å². The predicted molar refractivity (Wildman–Crippen MR) is 114 cm³/mol. The van der Waals surface area contributed by atoms with Crippen LogP contribution in [0.15, 0.2) is 42.5 Å². The molecule has 2 N–H and O–H groups in total. The third kappa shape index (κ3) is 4.05. The van der Waals surface area contributed by atoms with Gasteiger partial charge in [-0.25, -0.2) is 0 Å². The number of carbonyl (C=O) groups excluding carboxylic acids is 3. The summed E-state index contributed by atoms with van der Waals surface area (Å²) in [5.74, 6) is -0.822. The first-order valence-electron chi connectivity index (χ1n) is 9.71. The molecule has 2 aliphatic rings. The number of carbonyl (C=O) groups is 3. The number of anilines is 1. The van der Waals surface area contributed by atoms with Gasteiger partial charge in [0.1, 0.15) is 6.04 Å². The van der Waals surface area contributed by atoms with E-state index in [1.165, 1.54) is 5.56 Å². The average Bonchev–Trinajstić information content (AvgIpc) is 3.05. The molecule has 3 amide bonds. The Bertz CT molecular complexity index is 958. The lowest BCUT2D eigenvalue weighted by Gasteiger charge is -2.29. The maximum atomic E-state index is 12.9. The van der Waals surface area contributed by atoms with Crippen molar-refractivity contribution in [1.29, 1.82) is 0 Å². The number of fused-ring (bicyclic) bond motifs is 1. The van der Waals surface area contributed by atoms with Crippen molar-refractivity contribution >= 4 is 39.3 Å². The minimum Gasteiger partial charge on any atom is -0.381 e. The fourth-order valence-electron chi connectivity index (χ4n) is 3.88. The first-order chi connectivity index (χ1) is 14.1. The number of hydrogen-bond acceptors (Lipinski definition) is 4. The Morgan fingerprint density at radius 1 is 1.07 bits per heavy atom. The Kier molecular flexibility index (Phi) is 5.67. The minimum absolute atomic E-state index is 0.155. The number of nitrogens with zero attached hydrogens (tertiary/aromatic N) is 1. The molecule has 2 aliphatic heterocycles. The van der Waals surface area contributed by atoms with Crippen LogP contribution in [-0.4, -0.2) is 34.0 Å². The lowest BCUT2D eigenvalue weighted by Crippen LogP contribution is -2.52. The highest BCUT2D eigenvalue weighted by Gasteiger charge is 2.39. The third-order valence-electron chi connectivity index (χ3n) is 5.47. The number of amides is 3. The molecule has 1 unspecified atom stereocenters. The molecule has 0 aromatic heterocycles. The number of halogens is 1. The average molecular weight is 456 g/mol. The summed E-state index contributed by atoms with van der Waals surface area (Å²) >= 11 is 3.45. The summed E-state index contributed by atoms with van der Waals surface area (Å²) in [5, 5.41) is 6.71. The van der Waals surface area contributed by atoms with Crippen molar-refractivity contribution in [2.75, 3.05) is 10.6 Å². The summed E-state index contributed by atoms with van der Waals surface area (Å²) in [7, 11) is 0. The second-order valence-corrected chi connectivity index (χ2v) is 8.13. The highest BCUT2D eigenvalue weighted by Crippen LogP contribution is 2.32. The number of benzene rings is 2. The van der Waals surface area contributed by atoms with Crippen LogP contribution < -0.4 is 10.6 Å². The van der Waals surface area contributed by atoms with Crippen LogP contribution in [0.3, 0.4) is 0 Å². The maximum Gasteiger partial charge on any atom is 0.255 e. The van der Waals surface area contributed by atoms with Crippen molar-refractivity contribution in [3.63, 3.8) is 0 Å². The topological polar surface area (TPSA) is 78.5 Å². The third-order valence-corrected chi connectivity index (χ3v) is 5.87. The zero-order valence-electron chi connectivity index (χ0n) is 15.9. The van der Waals surface area contributed by atoms with E-state index in [1.807, 2.05) is 12.1 Å². The van der Waals surface area contributed by atoms with E-state index in [-0.39, 0.29) is 24.1 Å². The summed E-state index contributed by atoms with van der Waals surface area (Å²) in [6.07, 6.45) is 1.62. The second-order valence-electron chi connectivity index (χ2n) is 7.34. The van der Waals surface area contributed by atoms with Gasteiger partial charge in [-0.2, -0.15) is 0 Å². The molecular weight excluding hydrogens is 434 g/mol. The van der Waals surface area contributed by atoms with Crippen LogP contribution in [0.2, 0.25) is 0 Å². The Morgan fingerprint density at radius 3 is 2.55 bits per heavy atom. The van der Waals surface area contributed by atoms with E-state index in [4.69, 9.17) is 0 Å². The Morgan fingerprint density at radius 2 is 1.83 bits per heavy atom. The van der Waals surface area contributed by atoms with Gasteiger partial charge < -0.3 is 10.2 Å². The molecule has 1 fully saturated rings. The predicted octanol–water partition coefficient (Wildman–Crippen LogP) is 3.00. The number of nitrogens with one attached hydrogen (secondary N) is 2. The maximum absolute atomic E-state index is 12.9. The van der Waals surface area contributed by atoms with Crippen LogP contribution in [-0.2, 0) is 29.1 Å². The number of aryl methyl sites for hydroxylation is 1. The van der Waals surface area contributed by atoms with Crippen LogP contribution in [0.4, 0.5) is 5.69 Å².